The molecule has 18 heavy (non-hydrogen) atoms. The Morgan fingerprint density at radius 3 is 2.44 bits per heavy atom. The minimum atomic E-state index is 0.0494. The first-order chi connectivity index (χ1) is 8.74. The van der Waals surface area contributed by atoms with Crippen molar-refractivity contribution in [2.24, 2.45) is 5.92 Å². The van der Waals surface area contributed by atoms with Crippen molar-refractivity contribution in [3.05, 3.63) is 35.4 Å². The van der Waals surface area contributed by atoms with E-state index in [2.05, 4.69) is 12.1 Å². The molecule has 1 aromatic carbocycles. The van der Waals surface area contributed by atoms with Crippen LogP contribution in [-0.4, -0.2) is 29.7 Å². The highest BCUT2D eigenvalue weighted by molar-refractivity contribution is 5.88. The highest BCUT2D eigenvalue weighted by Gasteiger charge is 2.32. The van der Waals surface area contributed by atoms with Gasteiger partial charge in [0, 0.05) is 18.9 Å². The van der Waals surface area contributed by atoms with Crippen LogP contribution in [0.3, 0.4) is 0 Å². The summed E-state index contributed by atoms with van der Waals surface area (Å²) in [5.74, 6) is 0.415. The number of benzene rings is 1. The van der Waals surface area contributed by atoms with Crippen LogP contribution in [0, 0.1) is 5.92 Å². The third-order valence-electron chi connectivity index (χ3n) is 3.96. The largest absolute Gasteiger partial charge is 0.335 e. The van der Waals surface area contributed by atoms with Gasteiger partial charge in [0.15, 0.2) is 5.78 Å². The van der Waals surface area contributed by atoms with Gasteiger partial charge in [-0.15, -0.1) is 0 Å². The molecule has 0 N–H and O–H groups in total. The van der Waals surface area contributed by atoms with Crippen molar-refractivity contribution in [3.8, 4) is 0 Å². The van der Waals surface area contributed by atoms with Gasteiger partial charge in [-0.05, 0) is 30.4 Å². The van der Waals surface area contributed by atoms with Gasteiger partial charge in [-0.1, -0.05) is 24.3 Å². The molecule has 0 aromatic heterocycles. The molecule has 0 unspecified atom stereocenters. The van der Waals surface area contributed by atoms with Crippen LogP contribution in [0.25, 0.3) is 0 Å². The van der Waals surface area contributed by atoms with Crippen molar-refractivity contribution in [1.82, 2.24) is 4.90 Å². The van der Waals surface area contributed by atoms with Crippen LogP contribution in [0.5, 0.6) is 0 Å². The Hall–Kier alpha value is -1.64. The molecular weight excluding hydrogens is 226 g/mol. The number of hydrogen-bond acceptors (Lipinski definition) is 2. The summed E-state index contributed by atoms with van der Waals surface area (Å²) < 4.78 is 0. The summed E-state index contributed by atoms with van der Waals surface area (Å²) in [6.45, 7) is 1.07. The second kappa shape index (κ2) is 4.56. The van der Waals surface area contributed by atoms with E-state index >= 15 is 0 Å². The quantitative estimate of drug-likeness (QED) is 0.751. The van der Waals surface area contributed by atoms with E-state index in [-0.39, 0.29) is 17.6 Å². The van der Waals surface area contributed by atoms with Gasteiger partial charge in [-0.3, -0.25) is 9.59 Å². The molecule has 0 saturated carbocycles. The van der Waals surface area contributed by atoms with E-state index in [1.165, 1.54) is 11.1 Å². The van der Waals surface area contributed by atoms with E-state index in [1.807, 2.05) is 12.1 Å². The summed E-state index contributed by atoms with van der Waals surface area (Å²) in [5, 5.41) is 0. The van der Waals surface area contributed by atoms with Crippen LogP contribution in [0.15, 0.2) is 24.3 Å². The molecule has 1 amide bonds. The van der Waals surface area contributed by atoms with E-state index in [1.54, 1.807) is 4.90 Å². The minimum absolute atomic E-state index is 0.0494. The predicted molar refractivity (Wildman–Crippen MR) is 68.2 cm³/mol. The molecular formula is C15H17NO2. The van der Waals surface area contributed by atoms with Gasteiger partial charge < -0.3 is 4.90 Å². The molecule has 0 spiro atoms. The number of likely N-dealkylation sites (tertiary alicyclic amines) is 1. The zero-order valence-corrected chi connectivity index (χ0v) is 10.4. The van der Waals surface area contributed by atoms with Gasteiger partial charge in [0.05, 0.1) is 6.54 Å². The maximum absolute atomic E-state index is 12.4. The summed E-state index contributed by atoms with van der Waals surface area (Å²) in [6, 6.07) is 8.25. The third-order valence-corrected chi connectivity index (χ3v) is 3.96. The van der Waals surface area contributed by atoms with Crippen molar-refractivity contribution < 1.29 is 9.59 Å². The summed E-state index contributed by atoms with van der Waals surface area (Å²) >= 11 is 0. The van der Waals surface area contributed by atoms with Crippen LogP contribution in [0.2, 0.25) is 0 Å². The number of carbonyl (C=O) groups excluding carboxylic acids is 2. The summed E-state index contributed by atoms with van der Waals surface area (Å²) in [5.41, 5.74) is 2.58. The Kier molecular flexibility index (Phi) is 2.90. The Morgan fingerprint density at radius 1 is 1.17 bits per heavy atom. The fraction of sp³-hybridized carbons (Fsp3) is 0.467. The summed E-state index contributed by atoms with van der Waals surface area (Å²) in [6.07, 6.45) is 3.12. The first kappa shape index (κ1) is 11.5. The molecule has 3 nitrogen and oxygen atoms in total. The highest BCUT2D eigenvalue weighted by atomic mass is 16.2. The lowest BCUT2D eigenvalue weighted by molar-refractivity contribution is -0.140. The first-order valence-electron chi connectivity index (χ1n) is 6.61. The van der Waals surface area contributed by atoms with Crippen LogP contribution < -0.4 is 0 Å². The average Bonchev–Trinajstić information content (AvgIpc) is 2.81. The Morgan fingerprint density at radius 2 is 1.83 bits per heavy atom. The topological polar surface area (TPSA) is 37.4 Å². The zero-order valence-electron chi connectivity index (χ0n) is 10.4. The number of rotatable bonds is 1. The van der Waals surface area contributed by atoms with Gasteiger partial charge in [0.25, 0.3) is 0 Å². The van der Waals surface area contributed by atoms with Gasteiger partial charge >= 0.3 is 0 Å². The number of nitrogens with zero attached hydrogens (tertiary/aromatic N) is 1. The number of carbonyl (C=O) groups is 2. The van der Waals surface area contributed by atoms with Gasteiger partial charge in [0.1, 0.15) is 0 Å². The summed E-state index contributed by atoms with van der Waals surface area (Å²) in [4.78, 5) is 25.6. The SMILES string of the molecule is O=C1CCCN(C(=O)C2Cc3ccccc3C2)C1. The fourth-order valence-electron chi connectivity index (χ4n) is 3.02. The second-order valence-electron chi connectivity index (χ2n) is 5.28. The lowest BCUT2D eigenvalue weighted by Crippen LogP contribution is -2.43. The van der Waals surface area contributed by atoms with E-state index in [9.17, 15) is 9.59 Å². The number of Topliss-reactive ketones (excluding diaryl/α,β-unsaturated/α-hetero) is 1. The molecule has 94 valence electrons. The Balaban J connectivity index is 1.70. The molecule has 0 bridgehead atoms. The predicted octanol–water partition coefficient (Wildman–Crippen LogP) is 1.59. The van der Waals surface area contributed by atoms with Gasteiger partial charge in [-0.25, -0.2) is 0 Å². The fourth-order valence-corrected chi connectivity index (χ4v) is 3.02. The lowest BCUT2D eigenvalue weighted by atomic mass is 10.0. The molecule has 1 fully saturated rings. The Bertz CT molecular complexity index is 470. The molecule has 1 aliphatic heterocycles. The molecule has 1 aromatic rings. The van der Waals surface area contributed by atoms with Crippen molar-refractivity contribution in [2.45, 2.75) is 25.7 Å². The molecule has 3 rings (SSSR count). The molecule has 1 saturated heterocycles. The average molecular weight is 243 g/mol. The number of ketones is 1. The maximum Gasteiger partial charge on any atom is 0.226 e. The van der Waals surface area contributed by atoms with E-state index in [0.717, 1.165) is 25.8 Å². The van der Waals surface area contributed by atoms with E-state index < -0.39 is 0 Å². The van der Waals surface area contributed by atoms with Crippen LogP contribution in [0.4, 0.5) is 0 Å². The number of piperidine rings is 1. The molecule has 1 aliphatic carbocycles. The van der Waals surface area contributed by atoms with Crippen molar-refractivity contribution >= 4 is 11.7 Å². The normalized spacial score (nSPS) is 20.0. The second-order valence-corrected chi connectivity index (χ2v) is 5.28. The van der Waals surface area contributed by atoms with Crippen LogP contribution in [0.1, 0.15) is 24.0 Å². The minimum Gasteiger partial charge on any atom is -0.335 e. The van der Waals surface area contributed by atoms with Crippen molar-refractivity contribution in [3.63, 3.8) is 0 Å². The molecule has 2 aliphatic rings. The molecule has 0 atom stereocenters. The number of fused-ring (bicyclic) bond motifs is 1. The Labute approximate surface area is 107 Å². The van der Waals surface area contributed by atoms with Crippen LogP contribution >= 0.6 is 0 Å². The smallest absolute Gasteiger partial charge is 0.226 e. The van der Waals surface area contributed by atoms with Crippen molar-refractivity contribution in [2.75, 3.05) is 13.1 Å². The third kappa shape index (κ3) is 2.05. The highest BCUT2D eigenvalue weighted by Crippen LogP contribution is 2.28. The molecule has 1 heterocycles. The van der Waals surface area contributed by atoms with E-state index in [4.69, 9.17) is 0 Å². The van der Waals surface area contributed by atoms with Crippen LogP contribution in [-0.2, 0) is 22.4 Å². The standard InChI is InChI=1S/C15H17NO2/c17-14-6-3-7-16(10-14)15(18)13-8-11-4-1-2-5-12(11)9-13/h1-2,4-5,13H,3,6-10H2. The number of amides is 1. The first-order valence-corrected chi connectivity index (χ1v) is 6.61. The lowest BCUT2D eigenvalue weighted by Gasteiger charge is -2.28. The maximum atomic E-state index is 12.4. The van der Waals surface area contributed by atoms with Gasteiger partial charge in [0.2, 0.25) is 5.91 Å². The van der Waals surface area contributed by atoms with E-state index in [0.29, 0.717) is 13.0 Å². The molecule has 0 radical (unpaired) electrons. The van der Waals surface area contributed by atoms with Crippen molar-refractivity contribution in [1.29, 1.82) is 0 Å². The number of hydrogen-bond donors (Lipinski definition) is 0. The zero-order chi connectivity index (χ0) is 12.5. The monoisotopic (exact) mass is 243 g/mol. The van der Waals surface area contributed by atoms with Gasteiger partial charge in [-0.2, -0.15) is 0 Å². The summed E-state index contributed by atoms with van der Waals surface area (Å²) in [7, 11) is 0. The molecule has 3 heteroatoms.